The van der Waals surface area contributed by atoms with E-state index in [0.29, 0.717) is 10.7 Å². The minimum atomic E-state index is -0.195. The highest BCUT2D eigenvalue weighted by Crippen LogP contribution is 2.26. The molecule has 1 aliphatic rings. The Morgan fingerprint density at radius 1 is 1.44 bits per heavy atom. The Bertz CT molecular complexity index is 472. The fraction of sp³-hybridized carbons (Fsp3) is 0.385. The SMILES string of the molecule is CC(=O)N(CC(=O)Nc1cccc(Cl)c1)C1CC1. The summed E-state index contributed by atoms with van der Waals surface area (Å²) in [4.78, 5) is 24.8. The predicted molar refractivity (Wildman–Crippen MR) is 70.5 cm³/mol. The molecule has 1 N–H and O–H groups in total. The van der Waals surface area contributed by atoms with E-state index in [1.807, 2.05) is 0 Å². The number of carbonyl (C=O) groups is 2. The maximum atomic E-state index is 11.8. The van der Waals surface area contributed by atoms with Crippen LogP contribution in [-0.2, 0) is 9.59 Å². The maximum Gasteiger partial charge on any atom is 0.244 e. The van der Waals surface area contributed by atoms with Gasteiger partial charge in [-0.05, 0) is 31.0 Å². The fourth-order valence-corrected chi connectivity index (χ4v) is 2.00. The van der Waals surface area contributed by atoms with Crippen LogP contribution in [0.1, 0.15) is 19.8 Å². The van der Waals surface area contributed by atoms with Crippen molar-refractivity contribution < 1.29 is 9.59 Å². The van der Waals surface area contributed by atoms with E-state index in [1.165, 1.54) is 6.92 Å². The molecule has 0 saturated heterocycles. The van der Waals surface area contributed by atoms with Crippen LogP contribution in [0, 0.1) is 0 Å². The molecule has 1 aromatic rings. The number of hydrogen-bond donors (Lipinski definition) is 1. The van der Waals surface area contributed by atoms with Crippen LogP contribution in [0.3, 0.4) is 0 Å². The summed E-state index contributed by atoms with van der Waals surface area (Å²) in [5, 5.41) is 3.30. The van der Waals surface area contributed by atoms with Crippen LogP contribution in [-0.4, -0.2) is 29.3 Å². The number of anilines is 1. The molecule has 0 aromatic heterocycles. The van der Waals surface area contributed by atoms with Gasteiger partial charge in [-0.3, -0.25) is 9.59 Å². The first-order chi connectivity index (χ1) is 8.56. The molecule has 0 atom stereocenters. The van der Waals surface area contributed by atoms with E-state index in [9.17, 15) is 9.59 Å². The summed E-state index contributed by atoms with van der Waals surface area (Å²) in [5.41, 5.74) is 0.645. The minimum Gasteiger partial charge on any atom is -0.331 e. The summed E-state index contributed by atoms with van der Waals surface area (Å²) in [5.74, 6) is -0.252. The van der Waals surface area contributed by atoms with Crippen LogP contribution in [0.25, 0.3) is 0 Å². The normalized spacial score (nSPS) is 14.1. The zero-order valence-electron chi connectivity index (χ0n) is 10.1. The number of nitrogens with one attached hydrogen (secondary N) is 1. The quantitative estimate of drug-likeness (QED) is 0.909. The second-order valence-corrected chi connectivity index (χ2v) is 4.87. The van der Waals surface area contributed by atoms with Gasteiger partial charge in [0.15, 0.2) is 0 Å². The maximum absolute atomic E-state index is 11.8. The van der Waals surface area contributed by atoms with E-state index in [-0.39, 0.29) is 24.4 Å². The Labute approximate surface area is 111 Å². The molecule has 96 valence electrons. The molecule has 2 rings (SSSR count). The summed E-state index contributed by atoms with van der Waals surface area (Å²) in [7, 11) is 0. The molecule has 5 heteroatoms. The molecule has 0 heterocycles. The minimum absolute atomic E-state index is 0.0567. The summed E-state index contributed by atoms with van der Waals surface area (Å²) in [6.45, 7) is 1.59. The zero-order chi connectivity index (χ0) is 13.1. The Morgan fingerprint density at radius 3 is 2.72 bits per heavy atom. The van der Waals surface area contributed by atoms with Gasteiger partial charge in [0.2, 0.25) is 11.8 Å². The average Bonchev–Trinajstić information content (AvgIpc) is 3.09. The van der Waals surface area contributed by atoms with E-state index >= 15 is 0 Å². The molecule has 2 amide bonds. The Kier molecular flexibility index (Phi) is 3.87. The van der Waals surface area contributed by atoms with Gasteiger partial charge in [0.05, 0.1) is 0 Å². The van der Waals surface area contributed by atoms with E-state index in [2.05, 4.69) is 5.32 Å². The number of carbonyl (C=O) groups excluding carboxylic acids is 2. The Hall–Kier alpha value is -1.55. The molecule has 0 radical (unpaired) electrons. The number of nitrogens with zero attached hydrogens (tertiary/aromatic N) is 1. The van der Waals surface area contributed by atoms with Crippen molar-refractivity contribution in [1.29, 1.82) is 0 Å². The summed E-state index contributed by atoms with van der Waals surface area (Å²) in [6.07, 6.45) is 1.98. The van der Waals surface area contributed by atoms with Crippen molar-refractivity contribution in [1.82, 2.24) is 4.90 Å². The summed E-state index contributed by atoms with van der Waals surface area (Å²) in [6, 6.07) is 7.19. The zero-order valence-corrected chi connectivity index (χ0v) is 10.9. The Balaban J connectivity index is 1.93. The third kappa shape index (κ3) is 3.47. The van der Waals surface area contributed by atoms with Crippen molar-refractivity contribution in [2.24, 2.45) is 0 Å². The molecule has 0 aliphatic heterocycles. The van der Waals surface area contributed by atoms with Crippen LogP contribution in [0.15, 0.2) is 24.3 Å². The van der Waals surface area contributed by atoms with E-state index in [0.717, 1.165) is 12.8 Å². The lowest BCUT2D eigenvalue weighted by atomic mass is 10.3. The topological polar surface area (TPSA) is 49.4 Å². The summed E-state index contributed by atoms with van der Waals surface area (Å²) < 4.78 is 0. The highest BCUT2D eigenvalue weighted by Gasteiger charge is 2.31. The van der Waals surface area contributed by atoms with Gasteiger partial charge in [-0.15, -0.1) is 0 Å². The molecule has 1 aromatic carbocycles. The van der Waals surface area contributed by atoms with Crippen molar-refractivity contribution in [2.45, 2.75) is 25.8 Å². The highest BCUT2D eigenvalue weighted by molar-refractivity contribution is 6.30. The van der Waals surface area contributed by atoms with Gasteiger partial charge in [0, 0.05) is 23.7 Å². The number of rotatable bonds is 4. The second kappa shape index (κ2) is 5.40. The second-order valence-electron chi connectivity index (χ2n) is 4.44. The number of amides is 2. The van der Waals surface area contributed by atoms with E-state index in [1.54, 1.807) is 29.2 Å². The van der Waals surface area contributed by atoms with Crippen LogP contribution in [0.5, 0.6) is 0 Å². The van der Waals surface area contributed by atoms with E-state index < -0.39 is 0 Å². The molecule has 1 fully saturated rings. The molecule has 18 heavy (non-hydrogen) atoms. The third-order valence-electron chi connectivity index (χ3n) is 2.81. The molecule has 4 nitrogen and oxygen atoms in total. The lowest BCUT2D eigenvalue weighted by Crippen LogP contribution is -2.38. The standard InChI is InChI=1S/C13H15ClN2O2/c1-9(17)16(12-5-6-12)8-13(18)15-11-4-2-3-10(14)7-11/h2-4,7,12H,5-6,8H2,1H3,(H,15,18). The lowest BCUT2D eigenvalue weighted by molar-refractivity contribution is -0.133. The van der Waals surface area contributed by atoms with Crippen molar-refractivity contribution in [2.75, 3.05) is 11.9 Å². The molecular formula is C13H15ClN2O2. The predicted octanol–water partition coefficient (Wildman–Crippen LogP) is 2.29. The van der Waals surface area contributed by atoms with E-state index in [4.69, 9.17) is 11.6 Å². The fourth-order valence-electron chi connectivity index (χ4n) is 1.81. The average molecular weight is 267 g/mol. The first kappa shape index (κ1) is 12.9. The first-order valence-corrected chi connectivity index (χ1v) is 6.26. The number of halogens is 1. The monoisotopic (exact) mass is 266 g/mol. The first-order valence-electron chi connectivity index (χ1n) is 5.89. The van der Waals surface area contributed by atoms with Crippen LogP contribution in [0.4, 0.5) is 5.69 Å². The number of benzene rings is 1. The van der Waals surface area contributed by atoms with Crippen LogP contribution < -0.4 is 5.32 Å². The van der Waals surface area contributed by atoms with Gasteiger partial charge >= 0.3 is 0 Å². The van der Waals surface area contributed by atoms with Crippen LogP contribution in [0.2, 0.25) is 5.02 Å². The van der Waals surface area contributed by atoms with Gasteiger partial charge in [0.25, 0.3) is 0 Å². The highest BCUT2D eigenvalue weighted by atomic mass is 35.5. The molecular weight excluding hydrogens is 252 g/mol. The lowest BCUT2D eigenvalue weighted by Gasteiger charge is -2.19. The molecule has 0 bridgehead atoms. The molecule has 1 aliphatic carbocycles. The van der Waals surface area contributed by atoms with Gasteiger partial charge in [-0.25, -0.2) is 0 Å². The van der Waals surface area contributed by atoms with Gasteiger partial charge in [-0.1, -0.05) is 17.7 Å². The smallest absolute Gasteiger partial charge is 0.244 e. The van der Waals surface area contributed by atoms with Crippen molar-refractivity contribution >= 4 is 29.1 Å². The molecule has 0 unspecified atom stereocenters. The van der Waals surface area contributed by atoms with Crippen molar-refractivity contribution in [3.63, 3.8) is 0 Å². The van der Waals surface area contributed by atoms with Crippen molar-refractivity contribution in [3.05, 3.63) is 29.3 Å². The number of hydrogen-bond acceptors (Lipinski definition) is 2. The van der Waals surface area contributed by atoms with Crippen LogP contribution >= 0.6 is 11.6 Å². The molecule has 0 spiro atoms. The largest absolute Gasteiger partial charge is 0.331 e. The van der Waals surface area contributed by atoms with Crippen molar-refractivity contribution in [3.8, 4) is 0 Å². The Morgan fingerprint density at radius 2 is 2.17 bits per heavy atom. The molecule has 1 saturated carbocycles. The third-order valence-corrected chi connectivity index (χ3v) is 3.05. The van der Waals surface area contributed by atoms with Gasteiger partial charge < -0.3 is 10.2 Å². The van der Waals surface area contributed by atoms with Gasteiger partial charge in [0.1, 0.15) is 6.54 Å². The summed E-state index contributed by atoms with van der Waals surface area (Å²) >= 11 is 5.83. The van der Waals surface area contributed by atoms with Gasteiger partial charge in [-0.2, -0.15) is 0 Å².